The lowest BCUT2D eigenvalue weighted by atomic mass is 9.74. The normalized spacial score (nSPS) is 16.6. The molecule has 0 saturated carbocycles. The van der Waals surface area contributed by atoms with Crippen LogP contribution in [0.5, 0.6) is 0 Å². The van der Waals surface area contributed by atoms with E-state index in [4.69, 9.17) is 4.74 Å². The van der Waals surface area contributed by atoms with Crippen molar-refractivity contribution in [1.82, 2.24) is 19.9 Å². The van der Waals surface area contributed by atoms with E-state index in [0.717, 1.165) is 4.68 Å². The Morgan fingerprint density at radius 2 is 1.67 bits per heavy atom. The fraction of sp³-hybridized carbons (Fsp3) is 0.789. The van der Waals surface area contributed by atoms with Crippen LogP contribution >= 0.6 is 0 Å². The fourth-order valence-electron chi connectivity index (χ4n) is 4.22. The van der Waals surface area contributed by atoms with Crippen LogP contribution in [0, 0.1) is 5.92 Å². The van der Waals surface area contributed by atoms with Crippen molar-refractivity contribution in [3.8, 4) is 0 Å². The molecule has 0 unspecified atom stereocenters. The smallest absolute Gasteiger partial charge is 0.435 e. The van der Waals surface area contributed by atoms with Gasteiger partial charge in [-0.2, -0.15) is 13.2 Å². The van der Waals surface area contributed by atoms with Gasteiger partial charge in [-0.25, -0.2) is 14.3 Å². The number of aromatic nitrogens is 3. The maximum absolute atomic E-state index is 13.8. The van der Waals surface area contributed by atoms with Crippen molar-refractivity contribution < 1.29 is 32.6 Å². The van der Waals surface area contributed by atoms with Gasteiger partial charge in [-0.15, -0.1) is 5.10 Å². The van der Waals surface area contributed by atoms with Gasteiger partial charge in [0.15, 0.2) is 5.69 Å². The molecule has 2 heterocycles. The molecule has 1 aromatic heterocycles. The summed E-state index contributed by atoms with van der Waals surface area (Å²) < 4.78 is 47.4. The van der Waals surface area contributed by atoms with Crippen molar-refractivity contribution in [3.05, 3.63) is 11.4 Å². The number of likely N-dealkylation sites (tertiary alicyclic amines) is 1. The first-order valence-electron chi connectivity index (χ1n) is 10.0. The zero-order valence-electron chi connectivity index (χ0n) is 17.9. The van der Waals surface area contributed by atoms with Gasteiger partial charge in [-0.1, -0.05) is 19.1 Å². The number of carbonyl (C=O) groups excluding carboxylic acids is 1. The number of rotatable bonds is 5. The minimum atomic E-state index is -4.91. The molecule has 1 aliphatic heterocycles. The minimum Gasteiger partial charge on any atom is -0.476 e. The van der Waals surface area contributed by atoms with Crippen molar-refractivity contribution in [1.29, 1.82) is 0 Å². The van der Waals surface area contributed by atoms with Crippen LogP contribution in [0.25, 0.3) is 0 Å². The highest BCUT2D eigenvalue weighted by atomic mass is 19.4. The Morgan fingerprint density at radius 1 is 1.13 bits per heavy atom. The zero-order valence-corrected chi connectivity index (χ0v) is 17.9. The van der Waals surface area contributed by atoms with Crippen LogP contribution in [-0.4, -0.2) is 55.8 Å². The summed E-state index contributed by atoms with van der Waals surface area (Å²) in [5, 5.41) is 16.2. The lowest BCUT2D eigenvalue weighted by Gasteiger charge is -2.44. The van der Waals surface area contributed by atoms with Crippen molar-refractivity contribution in [2.45, 2.75) is 77.6 Å². The first kappa shape index (κ1) is 23.9. The predicted octanol–water partition coefficient (Wildman–Crippen LogP) is 4.16. The van der Waals surface area contributed by atoms with E-state index in [1.54, 1.807) is 39.5 Å². The number of amides is 1. The molecule has 0 aliphatic carbocycles. The van der Waals surface area contributed by atoms with E-state index in [1.165, 1.54) is 0 Å². The van der Waals surface area contributed by atoms with E-state index in [9.17, 15) is 27.9 Å². The van der Waals surface area contributed by atoms with E-state index < -0.39 is 40.8 Å². The molecular formula is C19H29F3N4O4. The molecule has 1 aromatic rings. The molecular weight excluding hydrogens is 405 g/mol. The van der Waals surface area contributed by atoms with Crippen LogP contribution in [-0.2, 0) is 16.5 Å². The lowest BCUT2D eigenvalue weighted by Crippen LogP contribution is -2.50. The average molecular weight is 434 g/mol. The average Bonchev–Trinajstić information content (AvgIpc) is 3.09. The van der Waals surface area contributed by atoms with E-state index in [-0.39, 0.29) is 5.92 Å². The molecule has 30 heavy (non-hydrogen) atoms. The summed E-state index contributed by atoms with van der Waals surface area (Å²) in [5.74, 6) is -2.01. The molecule has 2 rings (SSSR count). The van der Waals surface area contributed by atoms with E-state index >= 15 is 0 Å². The Balaban J connectivity index is 2.35. The number of halogens is 3. The van der Waals surface area contributed by atoms with Gasteiger partial charge < -0.3 is 14.7 Å². The SMILES string of the molecule is CCC(CC)(C1CCN(C(=O)OC(C)(C)C)CC1)n1nnc(C(=O)O)c1C(F)(F)F. The molecule has 8 nitrogen and oxygen atoms in total. The third-order valence-electron chi connectivity index (χ3n) is 5.69. The summed E-state index contributed by atoms with van der Waals surface area (Å²) in [5.41, 5.74) is -4.14. The number of ether oxygens (including phenoxy) is 1. The molecule has 1 N–H and O–H groups in total. The molecule has 170 valence electrons. The van der Waals surface area contributed by atoms with Gasteiger partial charge in [0.2, 0.25) is 5.69 Å². The Labute approximate surface area is 173 Å². The van der Waals surface area contributed by atoms with Gasteiger partial charge in [0.1, 0.15) is 5.60 Å². The van der Waals surface area contributed by atoms with Gasteiger partial charge in [-0.3, -0.25) is 0 Å². The molecule has 0 spiro atoms. The summed E-state index contributed by atoms with van der Waals surface area (Å²) in [7, 11) is 0. The molecule has 1 saturated heterocycles. The molecule has 11 heteroatoms. The van der Waals surface area contributed by atoms with Crippen LogP contribution in [0.1, 0.15) is 76.5 Å². The van der Waals surface area contributed by atoms with Crippen molar-refractivity contribution in [2.75, 3.05) is 13.1 Å². The Kier molecular flexibility index (Phi) is 6.72. The van der Waals surface area contributed by atoms with Gasteiger partial charge in [0, 0.05) is 13.1 Å². The van der Waals surface area contributed by atoms with E-state index in [0.29, 0.717) is 38.8 Å². The number of hydrogen-bond donors (Lipinski definition) is 1. The molecule has 0 atom stereocenters. The zero-order chi connectivity index (χ0) is 22.9. The van der Waals surface area contributed by atoms with Gasteiger partial charge >= 0.3 is 18.2 Å². The topological polar surface area (TPSA) is 97.5 Å². The van der Waals surface area contributed by atoms with Crippen LogP contribution in [0.4, 0.5) is 18.0 Å². The number of nitrogens with zero attached hydrogens (tertiary/aromatic N) is 4. The third kappa shape index (κ3) is 4.70. The summed E-state index contributed by atoms with van der Waals surface area (Å²) in [6.45, 7) is 9.48. The van der Waals surface area contributed by atoms with Crippen LogP contribution in [0.3, 0.4) is 0 Å². The third-order valence-corrected chi connectivity index (χ3v) is 5.69. The first-order valence-corrected chi connectivity index (χ1v) is 10.0. The molecule has 1 amide bonds. The Bertz CT molecular complexity index is 774. The molecule has 1 aliphatic rings. The summed E-state index contributed by atoms with van der Waals surface area (Å²) >= 11 is 0. The van der Waals surface area contributed by atoms with Crippen LogP contribution in [0.15, 0.2) is 0 Å². The number of aromatic carboxylic acids is 1. The Morgan fingerprint density at radius 3 is 2.07 bits per heavy atom. The lowest BCUT2D eigenvalue weighted by molar-refractivity contribution is -0.149. The maximum Gasteiger partial charge on any atom is 0.435 e. The highest BCUT2D eigenvalue weighted by molar-refractivity contribution is 5.86. The number of hydrogen-bond acceptors (Lipinski definition) is 5. The summed E-state index contributed by atoms with van der Waals surface area (Å²) in [4.78, 5) is 25.2. The van der Waals surface area contributed by atoms with Crippen molar-refractivity contribution in [2.24, 2.45) is 5.92 Å². The van der Waals surface area contributed by atoms with Crippen molar-refractivity contribution in [3.63, 3.8) is 0 Å². The van der Waals surface area contributed by atoms with Crippen LogP contribution in [0.2, 0.25) is 0 Å². The fourth-order valence-corrected chi connectivity index (χ4v) is 4.22. The molecule has 1 fully saturated rings. The Hall–Kier alpha value is -2.33. The van der Waals surface area contributed by atoms with Gasteiger partial charge in [0.05, 0.1) is 5.54 Å². The number of carboxylic acid groups (broad SMARTS) is 1. The monoisotopic (exact) mass is 434 g/mol. The number of piperidine rings is 1. The van der Waals surface area contributed by atoms with E-state index in [1.807, 2.05) is 0 Å². The highest BCUT2D eigenvalue weighted by Gasteiger charge is 2.49. The quantitative estimate of drug-likeness (QED) is 0.747. The van der Waals surface area contributed by atoms with Crippen molar-refractivity contribution >= 4 is 12.1 Å². The largest absolute Gasteiger partial charge is 0.476 e. The van der Waals surface area contributed by atoms with Gasteiger partial charge in [0.25, 0.3) is 0 Å². The van der Waals surface area contributed by atoms with E-state index in [2.05, 4.69) is 10.3 Å². The van der Waals surface area contributed by atoms with Gasteiger partial charge in [-0.05, 0) is 52.4 Å². The minimum absolute atomic E-state index is 0.240. The number of carboxylic acids is 1. The summed E-state index contributed by atoms with van der Waals surface area (Å²) in [6.07, 6.45) is -3.85. The maximum atomic E-state index is 13.8. The molecule has 0 bridgehead atoms. The summed E-state index contributed by atoms with van der Waals surface area (Å²) in [6, 6.07) is 0. The highest BCUT2D eigenvalue weighted by Crippen LogP contribution is 2.43. The second-order valence-corrected chi connectivity index (χ2v) is 8.55. The second kappa shape index (κ2) is 8.43. The predicted molar refractivity (Wildman–Crippen MR) is 101 cm³/mol. The van der Waals surface area contributed by atoms with Crippen LogP contribution < -0.4 is 0 Å². The second-order valence-electron chi connectivity index (χ2n) is 8.55. The number of alkyl halides is 3. The molecule has 0 radical (unpaired) electrons. The molecule has 0 aromatic carbocycles. The standard InChI is InChI=1S/C19H29F3N4O4/c1-6-18(7-2,26-14(19(20,21)22)13(15(27)28)23-24-26)12-8-10-25(11-9-12)16(29)30-17(3,4)5/h12H,6-11H2,1-5H3,(H,27,28). The first-order chi connectivity index (χ1) is 13.8. The number of carbonyl (C=O) groups is 2.